The first-order valence-corrected chi connectivity index (χ1v) is 9.66. The summed E-state index contributed by atoms with van der Waals surface area (Å²) in [5, 5.41) is 0. The Hall–Kier alpha value is -2.78. The number of imidazole rings is 1. The molecule has 5 rings (SSSR count). The molecule has 0 atom stereocenters. The van der Waals surface area contributed by atoms with Crippen LogP contribution in [0.25, 0.3) is 22.4 Å². The topological polar surface area (TPSA) is 104 Å². The lowest BCUT2D eigenvalue weighted by atomic mass is 10.1. The second kappa shape index (κ2) is 7.33. The number of aromatic nitrogens is 5. The molecule has 0 aromatic carbocycles. The molecule has 2 saturated heterocycles. The molecule has 0 amide bonds. The lowest BCUT2D eigenvalue weighted by molar-refractivity contribution is 0.0706. The van der Waals surface area contributed by atoms with Crippen molar-refractivity contribution in [2.45, 2.75) is 18.9 Å². The van der Waals surface area contributed by atoms with Crippen LogP contribution in [0.3, 0.4) is 0 Å². The highest BCUT2D eigenvalue weighted by Crippen LogP contribution is 2.32. The molecule has 0 saturated carbocycles. The highest BCUT2D eigenvalue weighted by molar-refractivity contribution is 5.88. The molecule has 28 heavy (non-hydrogen) atoms. The maximum absolute atomic E-state index is 5.79. The summed E-state index contributed by atoms with van der Waals surface area (Å²) < 4.78 is 13.2. The van der Waals surface area contributed by atoms with Crippen molar-refractivity contribution in [3.8, 4) is 11.3 Å². The molecule has 5 heterocycles. The quantitative estimate of drug-likeness (QED) is 0.730. The average molecular weight is 381 g/mol. The van der Waals surface area contributed by atoms with E-state index >= 15 is 0 Å². The van der Waals surface area contributed by atoms with E-state index in [2.05, 4.69) is 19.4 Å². The van der Waals surface area contributed by atoms with Crippen LogP contribution in [0.4, 0.5) is 11.8 Å². The monoisotopic (exact) mass is 381 g/mol. The standard InChI is InChI=1S/C19H23N7O2/c20-15-2-1-13(11-21-15)16-17-18(22-12-26(17)14-3-7-27-8-4-14)24-19(23-16)25-5-9-28-10-6-25/h1-2,11-12,14H,3-10H2,(H2,20,21). The number of pyridine rings is 1. The molecule has 9 heteroatoms. The van der Waals surface area contributed by atoms with Crippen LogP contribution in [-0.2, 0) is 9.47 Å². The number of ether oxygens (including phenoxy) is 2. The summed E-state index contributed by atoms with van der Waals surface area (Å²) in [6.45, 7) is 4.41. The maximum Gasteiger partial charge on any atom is 0.228 e. The van der Waals surface area contributed by atoms with Gasteiger partial charge in [-0.15, -0.1) is 0 Å². The molecule has 2 N–H and O–H groups in total. The SMILES string of the molecule is Nc1ccc(-c2nc(N3CCOCC3)nc3ncn(C4CCOCC4)c23)cn1. The fourth-order valence-corrected chi connectivity index (χ4v) is 3.83. The summed E-state index contributed by atoms with van der Waals surface area (Å²) in [6, 6.07) is 4.08. The van der Waals surface area contributed by atoms with Crippen LogP contribution < -0.4 is 10.6 Å². The molecule has 2 aliphatic rings. The summed E-state index contributed by atoms with van der Waals surface area (Å²) in [6.07, 6.45) is 5.56. The van der Waals surface area contributed by atoms with Crippen molar-refractivity contribution in [2.75, 3.05) is 50.2 Å². The summed E-state index contributed by atoms with van der Waals surface area (Å²) in [7, 11) is 0. The number of morpholine rings is 1. The van der Waals surface area contributed by atoms with Crippen LogP contribution in [0.5, 0.6) is 0 Å². The number of nitrogens with zero attached hydrogens (tertiary/aromatic N) is 6. The van der Waals surface area contributed by atoms with Gasteiger partial charge in [-0.3, -0.25) is 0 Å². The summed E-state index contributed by atoms with van der Waals surface area (Å²) in [4.78, 5) is 20.7. The summed E-state index contributed by atoms with van der Waals surface area (Å²) >= 11 is 0. The Bertz CT molecular complexity index is 960. The predicted molar refractivity (Wildman–Crippen MR) is 105 cm³/mol. The number of anilines is 2. The predicted octanol–water partition coefficient (Wildman–Crippen LogP) is 1.66. The minimum Gasteiger partial charge on any atom is -0.384 e. The largest absolute Gasteiger partial charge is 0.384 e. The van der Waals surface area contributed by atoms with Crippen molar-refractivity contribution in [3.63, 3.8) is 0 Å². The molecule has 3 aromatic heterocycles. The van der Waals surface area contributed by atoms with Gasteiger partial charge in [0.05, 0.1) is 19.5 Å². The Morgan fingerprint density at radius 2 is 1.75 bits per heavy atom. The molecule has 0 radical (unpaired) electrons. The summed E-state index contributed by atoms with van der Waals surface area (Å²) in [5.74, 6) is 1.17. The Kier molecular flexibility index (Phi) is 4.53. The number of hydrogen-bond donors (Lipinski definition) is 1. The number of fused-ring (bicyclic) bond motifs is 1. The van der Waals surface area contributed by atoms with Gasteiger partial charge in [0.25, 0.3) is 0 Å². The fraction of sp³-hybridized carbons (Fsp3) is 0.474. The van der Waals surface area contributed by atoms with Crippen LogP contribution in [0.2, 0.25) is 0 Å². The molecule has 2 fully saturated rings. The number of nitrogen functional groups attached to an aromatic ring is 1. The molecule has 9 nitrogen and oxygen atoms in total. The third-order valence-electron chi connectivity index (χ3n) is 5.35. The molecule has 0 bridgehead atoms. The molecule has 0 aliphatic carbocycles. The zero-order valence-corrected chi connectivity index (χ0v) is 15.6. The van der Waals surface area contributed by atoms with Gasteiger partial charge in [0.1, 0.15) is 17.0 Å². The Morgan fingerprint density at radius 1 is 0.964 bits per heavy atom. The van der Waals surface area contributed by atoms with E-state index < -0.39 is 0 Å². The third kappa shape index (κ3) is 3.16. The van der Waals surface area contributed by atoms with Gasteiger partial charge in [0, 0.05) is 44.1 Å². The van der Waals surface area contributed by atoms with E-state index in [4.69, 9.17) is 25.2 Å². The highest BCUT2D eigenvalue weighted by Gasteiger charge is 2.24. The van der Waals surface area contributed by atoms with E-state index in [-0.39, 0.29) is 0 Å². The highest BCUT2D eigenvalue weighted by atomic mass is 16.5. The molecule has 0 spiro atoms. The minimum absolute atomic E-state index is 0.331. The zero-order chi connectivity index (χ0) is 18.9. The van der Waals surface area contributed by atoms with Gasteiger partial charge < -0.3 is 24.7 Å². The van der Waals surface area contributed by atoms with E-state index in [0.717, 1.165) is 55.9 Å². The van der Waals surface area contributed by atoms with Crippen molar-refractivity contribution in [2.24, 2.45) is 0 Å². The first-order chi connectivity index (χ1) is 13.8. The van der Waals surface area contributed by atoms with Gasteiger partial charge in [-0.2, -0.15) is 4.98 Å². The second-order valence-electron chi connectivity index (χ2n) is 7.11. The first-order valence-electron chi connectivity index (χ1n) is 9.66. The first kappa shape index (κ1) is 17.3. The van der Waals surface area contributed by atoms with Crippen molar-refractivity contribution in [1.29, 1.82) is 0 Å². The van der Waals surface area contributed by atoms with Gasteiger partial charge >= 0.3 is 0 Å². The average Bonchev–Trinajstić information content (AvgIpc) is 3.19. The molecule has 0 unspecified atom stereocenters. The van der Waals surface area contributed by atoms with Crippen molar-refractivity contribution in [3.05, 3.63) is 24.7 Å². The molecule has 2 aliphatic heterocycles. The molecular formula is C19H23N7O2. The van der Waals surface area contributed by atoms with E-state index in [1.165, 1.54) is 0 Å². The molecular weight excluding hydrogens is 358 g/mol. The van der Waals surface area contributed by atoms with E-state index in [1.807, 2.05) is 12.4 Å². The van der Waals surface area contributed by atoms with E-state index in [0.29, 0.717) is 36.7 Å². The van der Waals surface area contributed by atoms with Gasteiger partial charge in [-0.1, -0.05) is 0 Å². The Balaban J connectivity index is 1.66. The van der Waals surface area contributed by atoms with Gasteiger partial charge in [0.2, 0.25) is 5.95 Å². The van der Waals surface area contributed by atoms with Gasteiger partial charge in [-0.05, 0) is 25.0 Å². The van der Waals surface area contributed by atoms with Crippen LogP contribution in [0.1, 0.15) is 18.9 Å². The zero-order valence-electron chi connectivity index (χ0n) is 15.6. The molecule has 146 valence electrons. The summed E-state index contributed by atoms with van der Waals surface area (Å²) in [5.41, 5.74) is 9.18. The Labute approximate surface area is 162 Å². The van der Waals surface area contributed by atoms with Crippen molar-refractivity contribution in [1.82, 2.24) is 24.5 Å². The van der Waals surface area contributed by atoms with Gasteiger partial charge in [-0.25, -0.2) is 15.0 Å². The van der Waals surface area contributed by atoms with E-state index in [1.54, 1.807) is 12.3 Å². The second-order valence-corrected chi connectivity index (χ2v) is 7.11. The van der Waals surface area contributed by atoms with Crippen LogP contribution >= 0.6 is 0 Å². The number of hydrogen-bond acceptors (Lipinski definition) is 8. The van der Waals surface area contributed by atoms with Gasteiger partial charge in [0.15, 0.2) is 5.65 Å². The number of rotatable bonds is 3. The van der Waals surface area contributed by atoms with Crippen molar-refractivity contribution >= 4 is 22.9 Å². The number of nitrogens with two attached hydrogens (primary N) is 1. The minimum atomic E-state index is 0.331. The fourth-order valence-electron chi connectivity index (χ4n) is 3.83. The van der Waals surface area contributed by atoms with Crippen LogP contribution in [0.15, 0.2) is 24.7 Å². The van der Waals surface area contributed by atoms with Crippen molar-refractivity contribution < 1.29 is 9.47 Å². The lowest BCUT2D eigenvalue weighted by Gasteiger charge is -2.27. The Morgan fingerprint density at radius 3 is 2.50 bits per heavy atom. The van der Waals surface area contributed by atoms with Crippen LogP contribution in [-0.4, -0.2) is 64.0 Å². The normalized spacial score (nSPS) is 18.6. The third-order valence-corrected chi connectivity index (χ3v) is 5.35. The van der Waals surface area contributed by atoms with E-state index in [9.17, 15) is 0 Å². The smallest absolute Gasteiger partial charge is 0.228 e. The maximum atomic E-state index is 5.79. The van der Waals surface area contributed by atoms with Crippen LogP contribution in [0, 0.1) is 0 Å². The molecule has 3 aromatic rings. The lowest BCUT2D eigenvalue weighted by Crippen LogP contribution is -2.37.